The molecule has 4 heterocycles. The molecular weight excluding hydrogens is 374 g/mol. The largest absolute Gasteiger partial charge is 0.370 e. The molecule has 1 aromatic carbocycles. The molecule has 3 aliphatic rings. The molecular formula is C25H31N3O2. The van der Waals surface area contributed by atoms with Gasteiger partial charge >= 0.3 is 0 Å². The van der Waals surface area contributed by atoms with E-state index < -0.39 is 0 Å². The van der Waals surface area contributed by atoms with Gasteiger partial charge in [-0.3, -0.25) is 14.7 Å². The molecule has 2 bridgehead atoms. The first-order valence-electron chi connectivity index (χ1n) is 11.2. The van der Waals surface area contributed by atoms with E-state index in [1.807, 2.05) is 12.1 Å². The third-order valence-electron chi connectivity index (χ3n) is 7.31. The summed E-state index contributed by atoms with van der Waals surface area (Å²) in [5, 5.41) is 3.21. The van der Waals surface area contributed by atoms with Crippen LogP contribution >= 0.6 is 0 Å². The molecule has 0 aliphatic carbocycles. The minimum atomic E-state index is 0.0157. The summed E-state index contributed by atoms with van der Waals surface area (Å²) in [5.41, 5.74) is 3.84. The molecule has 0 saturated carbocycles. The number of nitrogens with zero attached hydrogens (tertiary/aromatic N) is 2. The van der Waals surface area contributed by atoms with Gasteiger partial charge in [-0.25, -0.2) is 0 Å². The summed E-state index contributed by atoms with van der Waals surface area (Å²) >= 11 is 0. The second-order valence-corrected chi connectivity index (χ2v) is 9.34. The van der Waals surface area contributed by atoms with Crippen LogP contribution in [-0.2, 0) is 22.5 Å². The minimum absolute atomic E-state index is 0.0157. The molecule has 3 saturated heterocycles. The summed E-state index contributed by atoms with van der Waals surface area (Å²) < 4.78 is 6.55. The van der Waals surface area contributed by atoms with Gasteiger partial charge in [0, 0.05) is 56.8 Å². The summed E-state index contributed by atoms with van der Waals surface area (Å²) in [6, 6.07) is 12.8. The van der Waals surface area contributed by atoms with Crippen molar-refractivity contribution in [1.82, 2.24) is 15.2 Å². The zero-order valence-corrected chi connectivity index (χ0v) is 17.7. The number of carbonyl (C=O) groups is 1. The second-order valence-electron chi connectivity index (χ2n) is 9.34. The van der Waals surface area contributed by atoms with Crippen molar-refractivity contribution in [2.45, 2.75) is 50.9 Å². The summed E-state index contributed by atoms with van der Waals surface area (Å²) in [4.78, 5) is 19.0. The Morgan fingerprint density at radius 3 is 2.80 bits per heavy atom. The van der Waals surface area contributed by atoms with E-state index in [0.717, 1.165) is 44.6 Å². The van der Waals surface area contributed by atoms with E-state index in [2.05, 4.69) is 46.4 Å². The Morgan fingerprint density at radius 2 is 2.00 bits per heavy atom. The number of benzene rings is 1. The van der Waals surface area contributed by atoms with Crippen LogP contribution in [0.1, 0.15) is 36.0 Å². The maximum Gasteiger partial charge on any atom is 0.220 e. The van der Waals surface area contributed by atoms with E-state index in [9.17, 15) is 4.79 Å². The first-order valence-corrected chi connectivity index (χ1v) is 11.2. The smallest absolute Gasteiger partial charge is 0.220 e. The van der Waals surface area contributed by atoms with Gasteiger partial charge in [0.2, 0.25) is 5.91 Å². The van der Waals surface area contributed by atoms with Gasteiger partial charge in [-0.1, -0.05) is 29.8 Å². The monoisotopic (exact) mass is 405 g/mol. The van der Waals surface area contributed by atoms with Crippen molar-refractivity contribution in [2.24, 2.45) is 11.8 Å². The van der Waals surface area contributed by atoms with Crippen LogP contribution in [-0.4, -0.2) is 47.1 Å². The van der Waals surface area contributed by atoms with Crippen LogP contribution in [0.3, 0.4) is 0 Å². The Bertz CT molecular complexity index is 885. The van der Waals surface area contributed by atoms with Crippen molar-refractivity contribution in [3.63, 3.8) is 0 Å². The zero-order valence-electron chi connectivity index (χ0n) is 17.7. The first-order chi connectivity index (χ1) is 14.6. The van der Waals surface area contributed by atoms with Crippen molar-refractivity contribution >= 4 is 5.91 Å². The van der Waals surface area contributed by atoms with Gasteiger partial charge in [-0.15, -0.1) is 0 Å². The maximum atomic E-state index is 12.4. The topological polar surface area (TPSA) is 54.5 Å². The fraction of sp³-hybridized carbons (Fsp3) is 0.520. The lowest BCUT2D eigenvalue weighted by molar-refractivity contribution is -0.121. The quantitative estimate of drug-likeness (QED) is 0.769. The number of rotatable bonds is 7. The van der Waals surface area contributed by atoms with Gasteiger partial charge in [-0.2, -0.15) is 0 Å². The number of likely N-dealkylation sites (tertiary alicyclic amines) is 1. The molecule has 3 aliphatic heterocycles. The van der Waals surface area contributed by atoms with E-state index in [4.69, 9.17) is 4.74 Å². The number of fused-ring (bicyclic) bond motifs is 1. The number of carbonyl (C=O) groups excluding carboxylic acids is 1. The van der Waals surface area contributed by atoms with Crippen molar-refractivity contribution in [3.8, 4) is 0 Å². The van der Waals surface area contributed by atoms with Gasteiger partial charge in [0.05, 0.1) is 11.7 Å². The molecule has 4 atom stereocenters. The van der Waals surface area contributed by atoms with E-state index >= 15 is 0 Å². The lowest BCUT2D eigenvalue weighted by atomic mass is 9.73. The zero-order chi connectivity index (χ0) is 20.6. The number of nitrogens with one attached hydrogen (secondary N) is 1. The molecule has 1 N–H and O–H groups in total. The van der Waals surface area contributed by atoms with E-state index in [1.165, 1.54) is 17.5 Å². The minimum Gasteiger partial charge on any atom is -0.370 e. The molecule has 0 radical (unpaired) electrons. The summed E-state index contributed by atoms with van der Waals surface area (Å²) in [7, 11) is 0. The Hall–Kier alpha value is -2.24. The molecule has 5 rings (SSSR count). The fourth-order valence-electron chi connectivity index (χ4n) is 5.76. The Kier molecular flexibility index (Phi) is 5.34. The van der Waals surface area contributed by atoms with Crippen molar-refractivity contribution in [1.29, 1.82) is 0 Å². The van der Waals surface area contributed by atoms with Gasteiger partial charge < -0.3 is 10.1 Å². The van der Waals surface area contributed by atoms with Crippen LogP contribution in [0, 0.1) is 18.8 Å². The van der Waals surface area contributed by atoms with Crippen LogP contribution in [0.25, 0.3) is 0 Å². The number of hydrogen-bond acceptors (Lipinski definition) is 4. The van der Waals surface area contributed by atoms with Gasteiger partial charge in [0.25, 0.3) is 0 Å². The number of aromatic nitrogens is 1. The van der Waals surface area contributed by atoms with Crippen LogP contribution in [0.2, 0.25) is 0 Å². The molecule has 1 spiro atoms. The van der Waals surface area contributed by atoms with Crippen LogP contribution in [0.5, 0.6) is 0 Å². The first kappa shape index (κ1) is 19.7. The summed E-state index contributed by atoms with van der Waals surface area (Å²) in [5.74, 6) is 1.10. The van der Waals surface area contributed by atoms with Crippen molar-refractivity contribution < 1.29 is 9.53 Å². The highest BCUT2D eigenvalue weighted by molar-refractivity contribution is 5.76. The second kappa shape index (κ2) is 8.12. The number of aryl methyl sites for hydroxylation is 2. The van der Waals surface area contributed by atoms with Gasteiger partial charge in [0.1, 0.15) is 0 Å². The SMILES string of the molecule is Cc1ccc(CN2C[C@@H]3[C@H](CNC(=O)CCc4ccncc4)[C@H]4CC[C@]3(C2)O4)cc1. The molecule has 5 nitrogen and oxygen atoms in total. The summed E-state index contributed by atoms with van der Waals surface area (Å²) in [6.07, 6.45) is 7.46. The Morgan fingerprint density at radius 1 is 1.20 bits per heavy atom. The van der Waals surface area contributed by atoms with Gasteiger partial charge in [-0.05, 0) is 49.4 Å². The fourth-order valence-corrected chi connectivity index (χ4v) is 5.76. The Labute approximate surface area is 178 Å². The average Bonchev–Trinajstić information content (AvgIpc) is 3.41. The molecule has 158 valence electrons. The van der Waals surface area contributed by atoms with Crippen molar-refractivity contribution in [2.75, 3.05) is 19.6 Å². The predicted octanol–water partition coefficient (Wildman–Crippen LogP) is 3.12. The normalized spacial score (nSPS) is 29.8. The molecule has 1 amide bonds. The molecule has 3 fully saturated rings. The standard InChI is InChI=1S/C25H31N3O2/c1-18-2-4-20(5-3-18)15-28-16-22-21(23-8-11-25(22,17-28)30-23)14-27-24(29)7-6-19-9-12-26-13-10-19/h2-5,9-10,12-13,21-23H,6-8,11,14-17H2,1H3,(H,27,29)/t21-,22+,23+,25+/m0/s1. The highest BCUT2D eigenvalue weighted by atomic mass is 16.5. The van der Waals surface area contributed by atoms with Gasteiger partial charge in [0.15, 0.2) is 0 Å². The molecule has 5 heteroatoms. The lowest BCUT2D eigenvalue weighted by Crippen LogP contribution is -2.41. The number of hydrogen-bond donors (Lipinski definition) is 1. The number of ether oxygens (including phenoxy) is 1. The lowest BCUT2D eigenvalue weighted by Gasteiger charge is -2.29. The van der Waals surface area contributed by atoms with E-state index in [1.54, 1.807) is 12.4 Å². The molecule has 2 aromatic rings. The number of amides is 1. The third kappa shape index (κ3) is 3.88. The highest BCUT2D eigenvalue weighted by Gasteiger charge is 2.62. The average molecular weight is 406 g/mol. The predicted molar refractivity (Wildman–Crippen MR) is 116 cm³/mol. The highest BCUT2D eigenvalue weighted by Crippen LogP contribution is 2.54. The third-order valence-corrected chi connectivity index (χ3v) is 7.31. The molecule has 1 aromatic heterocycles. The summed E-state index contributed by atoms with van der Waals surface area (Å²) in [6.45, 7) is 5.95. The van der Waals surface area contributed by atoms with E-state index in [0.29, 0.717) is 24.4 Å². The van der Waals surface area contributed by atoms with Crippen LogP contribution in [0.15, 0.2) is 48.8 Å². The Balaban J connectivity index is 1.16. The van der Waals surface area contributed by atoms with Crippen LogP contribution < -0.4 is 5.32 Å². The maximum absolute atomic E-state index is 12.4. The number of pyridine rings is 1. The molecule has 0 unspecified atom stereocenters. The molecule has 30 heavy (non-hydrogen) atoms. The van der Waals surface area contributed by atoms with E-state index in [-0.39, 0.29) is 11.5 Å². The van der Waals surface area contributed by atoms with Crippen molar-refractivity contribution in [3.05, 3.63) is 65.5 Å². The van der Waals surface area contributed by atoms with Crippen LogP contribution in [0.4, 0.5) is 0 Å².